The van der Waals surface area contributed by atoms with Gasteiger partial charge in [-0.25, -0.2) is 0 Å². The van der Waals surface area contributed by atoms with Crippen LogP contribution in [0.1, 0.15) is 16.2 Å². The molecule has 3 aromatic carbocycles. The molecular weight excluding hydrogens is 426 g/mol. The number of benzene rings is 3. The number of para-hydroxylation sites is 1. The summed E-state index contributed by atoms with van der Waals surface area (Å²) in [5.41, 5.74) is 1.91. The highest BCUT2D eigenvalue weighted by Gasteiger charge is 2.18. The van der Waals surface area contributed by atoms with E-state index in [1.807, 2.05) is 54.6 Å². The second-order valence-electron chi connectivity index (χ2n) is 6.65. The molecular formula is C23H21N5O3S. The fourth-order valence-electron chi connectivity index (χ4n) is 3.15. The van der Waals surface area contributed by atoms with E-state index in [1.54, 1.807) is 34.6 Å². The van der Waals surface area contributed by atoms with Crippen LogP contribution in [0.25, 0.3) is 5.69 Å². The van der Waals surface area contributed by atoms with E-state index in [0.29, 0.717) is 28.5 Å². The maximum absolute atomic E-state index is 12.9. The summed E-state index contributed by atoms with van der Waals surface area (Å²) in [4.78, 5) is 13.9. The van der Waals surface area contributed by atoms with Crippen molar-refractivity contribution >= 4 is 23.4 Å². The van der Waals surface area contributed by atoms with Crippen molar-refractivity contribution in [1.29, 1.82) is 0 Å². The lowest BCUT2D eigenvalue weighted by molar-refractivity contribution is 0.102. The molecule has 8 nitrogen and oxygen atoms in total. The predicted octanol–water partition coefficient (Wildman–Crippen LogP) is 4.22. The van der Waals surface area contributed by atoms with Gasteiger partial charge in [0.1, 0.15) is 17.1 Å². The van der Waals surface area contributed by atoms with Crippen LogP contribution in [0.4, 0.5) is 5.69 Å². The number of amides is 1. The van der Waals surface area contributed by atoms with E-state index in [1.165, 1.54) is 14.2 Å². The number of ether oxygens (including phenoxy) is 2. The summed E-state index contributed by atoms with van der Waals surface area (Å²) in [6.07, 6.45) is 0. The molecule has 9 heteroatoms. The molecule has 0 aliphatic heterocycles. The third-order valence-electron chi connectivity index (χ3n) is 4.65. The van der Waals surface area contributed by atoms with Gasteiger partial charge in [0.15, 0.2) is 5.82 Å². The summed E-state index contributed by atoms with van der Waals surface area (Å²) in [6, 6.07) is 22.5. The second-order valence-corrected chi connectivity index (χ2v) is 7.70. The zero-order valence-corrected chi connectivity index (χ0v) is 18.4. The van der Waals surface area contributed by atoms with Crippen molar-refractivity contribution in [2.75, 3.05) is 19.5 Å². The monoisotopic (exact) mass is 447 g/mol. The van der Waals surface area contributed by atoms with Crippen LogP contribution in [0.2, 0.25) is 0 Å². The summed E-state index contributed by atoms with van der Waals surface area (Å²) < 4.78 is 12.4. The maximum Gasteiger partial charge on any atom is 0.263 e. The van der Waals surface area contributed by atoms with Gasteiger partial charge in [-0.1, -0.05) is 30.3 Å². The van der Waals surface area contributed by atoms with Crippen LogP contribution in [0.3, 0.4) is 0 Å². The number of rotatable bonds is 8. The van der Waals surface area contributed by atoms with E-state index in [4.69, 9.17) is 9.47 Å². The van der Waals surface area contributed by atoms with Crippen molar-refractivity contribution in [3.8, 4) is 17.2 Å². The number of methoxy groups -OCH3 is 2. The number of hydrogen-bond donors (Lipinski definition) is 1. The second kappa shape index (κ2) is 9.97. The van der Waals surface area contributed by atoms with Crippen LogP contribution in [0.5, 0.6) is 11.5 Å². The van der Waals surface area contributed by atoms with Crippen molar-refractivity contribution in [2.45, 2.75) is 10.6 Å². The number of aromatic nitrogens is 4. The van der Waals surface area contributed by atoms with Gasteiger partial charge in [0.25, 0.3) is 5.91 Å². The number of nitrogens with zero attached hydrogens (tertiary/aromatic N) is 4. The van der Waals surface area contributed by atoms with Gasteiger partial charge in [0.2, 0.25) is 0 Å². The average Bonchev–Trinajstić information content (AvgIpc) is 3.31. The van der Waals surface area contributed by atoms with Crippen molar-refractivity contribution in [3.05, 3.63) is 84.2 Å². The van der Waals surface area contributed by atoms with Gasteiger partial charge in [-0.05, 0) is 52.9 Å². The Morgan fingerprint density at radius 2 is 1.69 bits per heavy atom. The van der Waals surface area contributed by atoms with Crippen LogP contribution in [-0.4, -0.2) is 40.3 Å². The van der Waals surface area contributed by atoms with E-state index in [0.717, 1.165) is 16.4 Å². The normalized spacial score (nSPS) is 10.6. The van der Waals surface area contributed by atoms with Crippen LogP contribution in [-0.2, 0) is 5.75 Å². The largest absolute Gasteiger partial charge is 0.496 e. The molecule has 0 saturated carbocycles. The number of anilines is 1. The Bertz CT molecular complexity index is 1190. The molecule has 0 aliphatic rings. The van der Waals surface area contributed by atoms with Gasteiger partial charge in [-0.2, -0.15) is 4.68 Å². The zero-order valence-electron chi connectivity index (χ0n) is 17.6. The molecule has 1 heterocycles. The minimum absolute atomic E-state index is 0.311. The Morgan fingerprint density at radius 3 is 2.41 bits per heavy atom. The number of hydrogen-bond acceptors (Lipinski definition) is 7. The molecule has 0 spiro atoms. The van der Waals surface area contributed by atoms with Gasteiger partial charge in [0, 0.05) is 10.6 Å². The Kier molecular flexibility index (Phi) is 6.66. The van der Waals surface area contributed by atoms with Crippen molar-refractivity contribution in [2.24, 2.45) is 0 Å². The highest BCUT2D eigenvalue weighted by Crippen LogP contribution is 2.30. The Morgan fingerprint density at radius 1 is 0.969 bits per heavy atom. The molecule has 0 atom stereocenters. The van der Waals surface area contributed by atoms with Crippen molar-refractivity contribution < 1.29 is 14.3 Å². The van der Waals surface area contributed by atoms with E-state index >= 15 is 0 Å². The van der Waals surface area contributed by atoms with Crippen LogP contribution >= 0.6 is 11.8 Å². The molecule has 32 heavy (non-hydrogen) atoms. The van der Waals surface area contributed by atoms with Crippen molar-refractivity contribution in [3.63, 3.8) is 0 Å². The fourth-order valence-corrected chi connectivity index (χ4v) is 4.01. The summed E-state index contributed by atoms with van der Waals surface area (Å²) in [5.74, 6) is 1.88. The average molecular weight is 448 g/mol. The molecule has 1 amide bonds. The van der Waals surface area contributed by atoms with Gasteiger partial charge in [-0.15, -0.1) is 16.9 Å². The minimum atomic E-state index is -0.311. The minimum Gasteiger partial charge on any atom is -0.496 e. The first-order valence-corrected chi connectivity index (χ1v) is 10.8. The van der Waals surface area contributed by atoms with E-state index in [9.17, 15) is 4.79 Å². The Hall–Kier alpha value is -3.85. The van der Waals surface area contributed by atoms with Crippen LogP contribution < -0.4 is 14.8 Å². The number of thioether (sulfide) groups is 1. The third-order valence-corrected chi connectivity index (χ3v) is 5.64. The predicted molar refractivity (Wildman–Crippen MR) is 123 cm³/mol. The first-order chi connectivity index (χ1) is 15.7. The third kappa shape index (κ3) is 4.73. The number of carbonyl (C=O) groups excluding carboxylic acids is 1. The fraction of sp³-hybridized carbons (Fsp3) is 0.130. The van der Waals surface area contributed by atoms with Gasteiger partial charge in [-0.3, -0.25) is 4.79 Å². The van der Waals surface area contributed by atoms with Crippen molar-refractivity contribution in [1.82, 2.24) is 20.2 Å². The van der Waals surface area contributed by atoms with Crippen LogP contribution in [0.15, 0.2) is 77.7 Å². The topological polar surface area (TPSA) is 91.2 Å². The Labute approximate surface area is 189 Å². The number of tetrazole rings is 1. The van der Waals surface area contributed by atoms with E-state index < -0.39 is 0 Å². The van der Waals surface area contributed by atoms with E-state index in [2.05, 4.69) is 20.8 Å². The molecule has 0 radical (unpaired) electrons. The van der Waals surface area contributed by atoms with Gasteiger partial charge >= 0.3 is 0 Å². The summed E-state index contributed by atoms with van der Waals surface area (Å²) in [7, 11) is 3.04. The Balaban J connectivity index is 1.48. The first kappa shape index (κ1) is 21.4. The molecule has 162 valence electrons. The highest BCUT2D eigenvalue weighted by molar-refractivity contribution is 7.98. The quantitative estimate of drug-likeness (QED) is 0.404. The smallest absolute Gasteiger partial charge is 0.263 e. The molecule has 4 aromatic rings. The highest BCUT2D eigenvalue weighted by atomic mass is 32.2. The summed E-state index contributed by atoms with van der Waals surface area (Å²) in [6.45, 7) is 0. The SMILES string of the molecule is COc1cccc(OC)c1C(=O)Nc1cccc(SCc2nnnn2-c2ccccc2)c1. The molecule has 0 saturated heterocycles. The lowest BCUT2D eigenvalue weighted by atomic mass is 10.1. The molecule has 0 aliphatic carbocycles. The lowest BCUT2D eigenvalue weighted by Crippen LogP contribution is -2.14. The number of carbonyl (C=O) groups is 1. The molecule has 0 unspecified atom stereocenters. The van der Waals surface area contributed by atoms with Crippen LogP contribution in [0, 0.1) is 0 Å². The van der Waals surface area contributed by atoms with E-state index in [-0.39, 0.29) is 5.91 Å². The zero-order chi connectivity index (χ0) is 22.3. The lowest BCUT2D eigenvalue weighted by Gasteiger charge is -2.13. The molecule has 0 fully saturated rings. The van der Waals surface area contributed by atoms with Gasteiger partial charge < -0.3 is 14.8 Å². The molecule has 4 rings (SSSR count). The molecule has 1 aromatic heterocycles. The number of nitrogens with one attached hydrogen (secondary N) is 1. The maximum atomic E-state index is 12.9. The van der Waals surface area contributed by atoms with Gasteiger partial charge in [0.05, 0.1) is 25.7 Å². The summed E-state index contributed by atoms with van der Waals surface area (Å²) >= 11 is 1.58. The standard InChI is InChI=1S/C23H21N5O3S/c1-30-19-12-7-13-20(31-2)22(19)23(29)24-16-8-6-11-18(14-16)32-15-21-25-26-27-28(21)17-9-4-3-5-10-17/h3-14H,15H2,1-2H3,(H,24,29). The molecule has 1 N–H and O–H groups in total. The summed E-state index contributed by atoms with van der Waals surface area (Å²) in [5, 5.41) is 14.9. The first-order valence-electron chi connectivity index (χ1n) is 9.77. The molecule has 0 bridgehead atoms.